The molecule has 0 spiro atoms. The number of imide groups is 1. The first kappa shape index (κ1) is 25.3. The fourth-order valence-corrected chi connectivity index (χ4v) is 3.20. The highest BCUT2D eigenvalue weighted by Gasteiger charge is 2.35. The zero-order valence-electron chi connectivity index (χ0n) is 19.8. The molecule has 2 N–H and O–H groups in total. The number of aryl methyl sites for hydroxylation is 1. The standard InChI is InChI=1S/C25H27N3O7/c1-4-33-21-13-17(8-11-20(21)35-15-23(30)34-5-2)12-19-24(31)28(25(32)27-19)14-22(29)26-18-9-6-16(3)7-10-18/h6-13H,4-5,14-15H2,1-3H3,(H,26,29)(H,27,32)/b19-12+. The zero-order chi connectivity index (χ0) is 25.4. The Morgan fingerprint density at radius 1 is 1.00 bits per heavy atom. The number of hydrogen-bond donors (Lipinski definition) is 2. The van der Waals surface area contributed by atoms with Crippen LogP contribution in [0.3, 0.4) is 0 Å². The smallest absolute Gasteiger partial charge is 0.344 e. The van der Waals surface area contributed by atoms with Crippen molar-refractivity contribution in [3.8, 4) is 11.5 Å². The van der Waals surface area contributed by atoms with Gasteiger partial charge >= 0.3 is 12.0 Å². The maximum atomic E-state index is 12.8. The summed E-state index contributed by atoms with van der Waals surface area (Å²) in [5.41, 5.74) is 2.17. The van der Waals surface area contributed by atoms with E-state index in [1.807, 2.05) is 19.1 Å². The number of ether oxygens (including phenoxy) is 3. The molecule has 1 heterocycles. The number of rotatable bonds is 10. The third-order valence-electron chi connectivity index (χ3n) is 4.83. The van der Waals surface area contributed by atoms with Gasteiger partial charge in [0.15, 0.2) is 18.1 Å². The third kappa shape index (κ3) is 6.83. The molecule has 0 aromatic heterocycles. The van der Waals surface area contributed by atoms with Crippen molar-refractivity contribution in [2.45, 2.75) is 20.8 Å². The number of carbonyl (C=O) groups is 4. The second-order valence-corrected chi connectivity index (χ2v) is 7.53. The lowest BCUT2D eigenvalue weighted by molar-refractivity contribution is -0.145. The molecule has 0 saturated carbocycles. The quantitative estimate of drug-likeness (QED) is 0.304. The summed E-state index contributed by atoms with van der Waals surface area (Å²) in [4.78, 5) is 49.8. The van der Waals surface area contributed by atoms with E-state index >= 15 is 0 Å². The number of urea groups is 1. The largest absolute Gasteiger partial charge is 0.490 e. The van der Waals surface area contributed by atoms with Gasteiger partial charge in [-0.2, -0.15) is 0 Å². The van der Waals surface area contributed by atoms with Crippen LogP contribution in [0.5, 0.6) is 11.5 Å². The molecule has 35 heavy (non-hydrogen) atoms. The van der Waals surface area contributed by atoms with E-state index < -0.39 is 30.4 Å². The summed E-state index contributed by atoms with van der Waals surface area (Å²) in [7, 11) is 0. The van der Waals surface area contributed by atoms with Gasteiger partial charge in [-0.3, -0.25) is 9.59 Å². The van der Waals surface area contributed by atoms with Crippen molar-refractivity contribution in [2.75, 3.05) is 31.7 Å². The average Bonchev–Trinajstić information content (AvgIpc) is 3.07. The average molecular weight is 482 g/mol. The van der Waals surface area contributed by atoms with Gasteiger partial charge in [-0.1, -0.05) is 23.8 Å². The van der Waals surface area contributed by atoms with Crippen molar-refractivity contribution in [1.82, 2.24) is 10.2 Å². The van der Waals surface area contributed by atoms with Crippen molar-refractivity contribution < 1.29 is 33.4 Å². The predicted molar refractivity (Wildman–Crippen MR) is 128 cm³/mol. The lowest BCUT2D eigenvalue weighted by atomic mass is 10.1. The van der Waals surface area contributed by atoms with Crippen LogP contribution in [-0.4, -0.2) is 55.1 Å². The molecule has 1 fully saturated rings. The van der Waals surface area contributed by atoms with Gasteiger partial charge in [0.1, 0.15) is 12.2 Å². The van der Waals surface area contributed by atoms with E-state index in [1.54, 1.807) is 44.2 Å². The summed E-state index contributed by atoms with van der Waals surface area (Å²) in [6.07, 6.45) is 1.47. The number of nitrogens with one attached hydrogen (secondary N) is 2. The predicted octanol–water partition coefficient (Wildman–Crippen LogP) is 2.87. The van der Waals surface area contributed by atoms with Gasteiger partial charge in [0.2, 0.25) is 5.91 Å². The van der Waals surface area contributed by atoms with Crippen LogP contribution in [-0.2, 0) is 19.1 Å². The van der Waals surface area contributed by atoms with Crippen LogP contribution < -0.4 is 20.1 Å². The molecule has 1 aliphatic rings. The molecule has 1 saturated heterocycles. The highest BCUT2D eigenvalue weighted by Crippen LogP contribution is 2.30. The first-order chi connectivity index (χ1) is 16.8. The van der Waals surface area contributed by atoms with Crippen molar-refractivity contribution in [3.63, 3.8) is 0 Å². The lowest BCUT2D eigenvalue weighted by Gasteiger charge is -2.12. The topological polar surface area (TPSA) is 123 Å². The number of anilines is 1. The van der Waals surface area contributed by atoms with Gasteiger partial charge < -0.3 is 24.8 Å². The van der Waals surface area contributed by atoms with Gasteiger partial charge in [0, 0.05) is 5.69 Å². The van der Waals surface area contributed by atoms with Crippen molar-refractivity contribution in [3.05, 3.63) is 59.3 Å². The fraction of sp³-hybridized carbons (Fsp3) is 0.280. The zero-order valence-corrected chi connectivity index (χ0v) is 19.8. The van der Waals surface area contributed by atoms with E-state index in [0.29, 0.717) is 29.4 Å². The second kappa shape index (κ2) is 11.7. The van der Waals surface area contributed by atoms with Crippen LogP contribution in [0, 0.1) is 6.92 Å². The highest BCUT2D eigenvalue weighted by atomic mass is 16.6. The van der Waals surface area contributed by atoms with Gasteiger partial charge in [-0.15, -0.1) is 0 Å². The van der Waals surface area contributed by atoms with Crippen LogP contribution in [0.2, 0.25) is 0 Å². The van der Waals surface area contributed by atoms with Gasteiger partial charge in [-0.05, 0) is 56.7 Å². The summed E-state index contributed by atoms with van der Waals surface area (Å²) < 4.78 is 15.9. The Morgan fingerprint density at radius 3 is 2.43 bits per heavy atom. The van der Waals surface area contributed by atoms with E-state index in [0.717, 1.165) is 10.5 Å². The molecule has 0 radical (unpaired) electrons. The minimum Gasteiger partial charge on any atom is -0.490 e. The number of amides is 4. The van der Waals surface area contributed by atoms with E-state index in [-0.39, 0.29) is 18.9 Å². The SMILES string of the molecule is CCOC(=O)COc1ccc(/C=C2/NC(=O)N(CC(=O)Nc3ccc(C)cc3)C2=O)cc1OCC. The Bertz CT molecular complexity index is 1140. The molecule has 10 heteroatoms. The number of nitrogens with zero attached hydrogens (tertiary/aromatic N) is 1. The maximum Gasteiger partial charge on any atom is 0.344 e. The highest BCUT2D eigenvalue weighted by molar-refractivity contribution is 6.16. The minimum absolute atomic E-state index is 0.0146. The summed E-state index contributed by atoms with van der Waals surface area (Å²) in [6.45, 7) is 5.30. The summed E-state index contributed by atoms with van der Waals surface area (Å²) in [5.74, 6) is -0.947. The summed E-state index contributed by atoms with van der Waals surface area (Å²) in [6, 6.07) is 11.3. The van der Waals surface area contributed by atoms with Crippen LogP contribution >= 0.6 is 0 Å². The van der Waals surface area contributed by atoms with Gasteiger partial charge in [-0.25, -0.2) is 14.5 Å². The molecule has 1 aliphatic heterocycles. The van der Waals surface area contributed by atoms with E-state index in [2.05, 4.69) is 10.6 Å². The Hall–Kier alpha value is -4.34. The van der Waals surface area contributed by atoms with Gasteiger partial charge in [0.25, 0.3) is 5.91 Å². The molecule has 0 unspecified atom stereocenters. The molecular formula is C25H27N3O7. The minimum atomic E-state index is -0.695. The van der Waals surface area contributed by atoms with Crippen molar-refractivity contribution >= 4 is 35.6 Å². The van der Waals surface area contributed by atoms with Crippen LogP contribution in [0.1, 0.15) is 25.0 Å². The number of hydrogen-bond acceptors (Lipinski definition) is 7. The molecule has 3 rings (SSSR count). The van der Waals surface area contributed by atoms with E-state index in [9.17, 15) is 19.2 Å². The Morgan fingerprint density at radius 2 is 1.74 bits per heavy atom. The molecule has 4 amide bonds. The van der Waals surface area contributed by atoms with E-state index in [4.69, 9.17) is 14.2 Å². The van der Waals surface area contributed by atoms with Gasteiger partial charge in [0.05, 0.1) is 13.2 Å². The number of esters is 1. The second-order valence-electron chi connectivity index (χ2n) is 7.53. The monoisotopic (exact) mass is 481 g/mol. The normalized spacial score (nSPS) is 14.0. The van der Waals surface area contributed by atoms with E-state index in [1.165, 1.54) is 6.08 Å². The van der Waals surface area contributed by atoms with Crippen LogP contribution in [0.15, 0.2) is 48.2 Å². The summed E-state index contributed by atoms with van der Waals surface area (Å²) in [5, 5.41) is 5.15. The maximum absolute atomic E-state index is 12.8. The van der Waals surface area contributed by atoms with Crippen molar-refractivity contribution in [1.29, 1.82) is 0 Å². The lowest BCUT2D eigenvalue weighted by Crippen LogP contribution is -2.38. The Balaban J connectivity index is 1.69. The molecule has 0 atom stereocenters. The Labute approximate surface area is 202 Å². The molecule has 2 aromatic carbocycles. The molecular weight excluding hydrogens is 454 g/mol. The number of carbonyl (C=O) groups excluding carboxylic acids is 4. The fourth-order valence-electron chi connectivity index (χ4n) is 3.20. The molecule has 0 aliphatic carbocycles. The van der Waals surface area contributed by atoms with Crippen LogP contribution in [0.25, 0.3) is 6.08 Å². The molecule has 10 nitrogen and oxygen atoms in total. The first-order valence-corrected chi connectivity index (χ1v) is 11.1. The van der Waals surface area contributed by atoms with Crippen molar-refractivity contribution in [2.24, 2.45) is 0 Å². The molecule has 0 bridgehead atoms. The molecule has 2 aromatic rings. The Kier molecular flexibility index (Phi) is 8.44. The van der Waals surface area contributed by atoms with Crippen LogP contribution in [0.4, 0.5) is 10.5 Å². The first-order valence-electron chi connectivity index (χ1n) is 11.1. The molecule has 184 valence electrons. The summed E-state index contributed by atoms with van der Waals surface area (Å²) >= 11 is 0. The third-order valence-corrected chi connectivity index (χ3v) is 4.83. The number of benzene rings is 2.